The van der Waals surface area contributed by atoms with E-state index >= 15 is 0 Å². The number of aryl methyl sites for hydroxylation is 1. The van der Waals surface area contributed by atoms with Crippen LogP contribution in [0, 0.1) is 6.92 Å². The average molecular weight is 480 g/mol. The van der Waals surface area contributed by atoms with E-state index in [0.29, 0.717) is 11.7 Å². The van der Waals surface area contributed by atoms with Crippen molar-refractivity contribution >= 4 is 35.5 Å². The minimum Gasteiger partial charge on any atom is -0.334 e. The van der Waals surface area contributed by atoms with E-state index in [1.54, 1.807) is 11.8 Å². The van der Waals surface area contributed by atoms with E-state index < -0.39 is 0 Å². The van der Waals surface area contributed by atoms with Gasteiger partial charge in [0, 0.05) is 27.5 Å². The highest BCUT2D eigenvalue weighted by Crippen LogP contribution is 2.45. The number of carbonyl (C=O) groups excluding carboxylic acids is 1. The van der Waals surface area contributed by atoms with Crippen molar-refractivity contribution in [3.8, 4) is 11.4 Å². The summed E-state index contributed by atoms with van der Waals surface area (Å²) in [5.74, 6) is 1.08. The number of amides is 1. The Labute approximate surface area is 208 Å². The lowest BCUT2D eigenvalue weighted by Crippen LogP contribution is -2.39. The third-order valence-corrected chi connectivity index (χ3v) is 7.78. The molecule has 0 bridgehead atoms. The lowest BCUT2D eigenvalue weighted by molar-refractivity contribution is 0.0974. The molecule has 1 fully saturated rings. The highest BCUT2D eigenvalue weighted by atomic mass is 32.2. The summed E-state index contributed by atoms with van der Waals surface area (Å²) < 4.78 is 5.49. The van der Waals surface area contributed by atoms with Crippen molar-refractivity contribution in [2.75, 3.05) is 4.90 Å². The van der Waals surface area contributed by atoms with Gasteiger partial charge in [-0.25, -0.2) is 0 Å². The number of benzene rings is 3. The molecule has 35 heavy (non-hydrogen) atoms. The molecule has 1 saturated carbocycles. The molecule has 0 N–H and O–H groups in total. The maximum absolute atomic E-state index is 13.6. The first-order valence-corrected chi connectivity index (χ1v) is 12.8. The Kier molecular flexibility index (Phi) is 5.74. The Morgan fingerprint density at radius 3 is 2.60 bits per heavy atom. The van der Waals surface area contributed by atoms with Crippen molar-refractivity contribution in [3.63, 3.8) is 0 Å². The van der Waals surface area contributed by atoms with Crippen LogP contribution in [-0.2, 0) is 0 Å². The summed E-state index contributed by atoms with van der Waals surface area (Å²) in [6, 6.07) is 22.5. The number of fused-ring (bicyclic) bond motifs is 2. The van der Waals surface area contributed by atoms with Gasteiger partial charge in [0.25, 0.3) is 11.8 Å². The van der Waals surface area contributed by atoms with Gasteiger partial charge < -0.3 is 9.42 Å². The van der Waals surface area contributed by atoms with Gasteiger partial charge in [0.15, 0.2) is 0 Å². The van der Waals surface area contributed by atoms with Gasteiger partial charge in [-0.15, -0.1) is 0 Å². The van der Waals surface area contributed by atoms with Crippen molar-refractivity contribution in [1.29, 1.82) is 0 Å². The van der Waals surface area contributed by atoms with Crippen LogP contribution in [-0.4, -0.2) is 22.1 Å². The Morgan fingerprint density at radius 1 is 0.971 bits per heavy atom. The summed E-state index contributed by atoms with van der Waals surface area (Å²) in [6.07, 6.45) is 8.21. The third-order valence-electron chi connectivity index (χ3n) is 6.66. The zero-order valence-electron chi connectivity index (χ0n) is 19.5. The number of aromatic nitrogens is 2. The molecular formula is C29H25N3O2S. The smallest absolute Gasteiger partial charge is 0.259 e. The molecule has 1 aliphatic heterocycles. The van der Waals surface area contributed by atoms with E-state index in [1.165, 1.54) is 18.4 Å². The third kappa shape index (κ3) is 4.30. The lowest BCUT2D eigenvalue weighted by atomic mass is 10.1. The van der Waals surface area contributed by atoms with Crippen LogP contribution < -0.4 is 4.90 Å². The van der Waals surface area contributed by atoms with Crippen LogP contribution in [0.5, 0.6) is 0 Å². The largest absolute Gasteiger partial charge is 0.334 e. The van der Waals surface area contributed by atoms with Gasteiger partial charge in [-0.3, -0.25) is 4.79 Å². The Bertz CT molecular complexity index is 1420. The Balaban J connectivity index is 1.34. The first kappa shape index (κ1) is 21.9. The number of hydrogen-bond donors (Lipinski definition) is 0. The van der Waals surface area contributed by atoms with Crippen LogP contribution in [0.2, 0.25) is 0 Å². The molecule has 1 aromatic heterocycles. The highest BCUT2D eigenvalue weighted by molar-refractivity contribution is 7.99. The predicted molar refractivity (Wildman–Crippen MR) is 139 cm³/mol. The van der Waals surface area contributed by atoms with Crippen LogP contribution in [0.15, 0.2) is 81.0 Å². The van der Waals surface area contributed by atoms with Crippen LogP contribution in [0.1, 0.15) is 53.1 Å². The first-order chi connectivity index (χ1) is 17.2. The van der Waals surface area contributed by atoms with Gasteiger partial charge in [-0.1, -0.05) is 71.7 Å². The molecule has 1 amide bonds. The van der Waals surface area contributed by atoms with Crippen LogP contribution >= 0.6 is 11.8 Å². The SMILES string of the molecule is Cc1ccc(C=Cc2nc(-c3ccc4c(c3)Sc3ccccc3C(=O)N4C3CCCC3)no2)cc1. The molecule has 1 aliphatic carbocycles. The molecule has 0 spiro atoms. The number of nitrogens with zero attached hydrogens (tertiary/aromatic N) is 3. The van der Waals surface area contributed by atoms with Crippen molar-refractivity contribution in [3.05, 3.63) is 89.3 Å². The number of anilines is 1. The van der Waals surface area contributed by atoms with Crippen molar-refractivity contribution in [2.24, 2.45) is 0 Å². The summed E-state index contributed by atoms with van der Waals surface area (Å²) in [4.78, 5) is 22.2. The van der Waals surface area contributed by atoms with Crippen molar-refractivity contribution < 1.29 is 9.32 Å². The molecule has 4 aromatic rings. The van der Waals surface area contributed by atoms with E-state index in [4.69, 9.17) is 4.52 Å². The lowest BCUT2D eigenvalue weighted by Gasteiger charge is -2.29. The molecule has 6 heteroatoms. The maximum atomic E-state index is 13.6. The topological polar surface area (TPSA) is 59.2 Å². The quantitative estimate of drug-likeness (QED) is 0.308. The van der Waals surface area contributed by atoms with Gasteiger partial charge in [-0.05, 0) is 61.7 Å². The standard InChI is InChI=1S/C29H25N3O2S/c1-19-10-12-20(13-11-19)14-17-27-30-28(31-34-27)21-15-16-24-26(18-21)35-25-9-5-4-8-23(25)29(33)32(24)22-6-2-3-7-22/h4-5,8-18,22H,2-3,6-7H2,1H3. The van der Waals surface area contributed by atoms with E-state index in [9.17, 15) is 4.79 Å². The second-order valence-corrected chi connectivity index (χ2v) is 10.2. The zero-order valence-corrected chi connectivity index (χ0v) is 20.3. The van der Waals surface area contributed by atoms with E-state index in [0.717, 1.165) is 45.0 Å². The van der Waals surface area contributed by atoms with Gasteiger partial charge in [-0.2, -0.15) is 4.98 Å². The van der Waals surface area contributed by atoms with E-state index in [1.807, 2.05) is 53.5 Å². The predicted octanol–water partition coefficient (Wildman–Crippen LogP) is 7.27. The van der Waals surface area contributed by atoms with Gasteiger partial charge >= 0.3 is 0 Å². The molecule has 6 rings (SSSR count). The molecule has 0 saturated heterocycles. The van der Waals surface area contributed by atoms with Crippen LogP contribution in [0.25, 0.3) is 23.5 Å². The summed E-state index contributed by atoms with van der Waals surface area (Å²) in [6.45, 7) is 2.07. The second-order valence-electron chi connectivity index (χ2n) is 9.09. The van der Waals surface area contributed by atoms with Crippen LogP contribution in [0.3, 0.4) is 0 Å². The van der Waals surface area contributed by atoms with Crippen LogP contribution in [0.4, 0.5) is 5.69 Å². The fourth-order valence-corrected chi connectivity index (χ4v) is 5.92. The fraction of sp³-hybridized carbons (Fsp3) is 0.207. The first-order valence-electron chi connectivity index (χ1n) is 12.0. The fourth-order valence-electron chi connectivity index (χ4n) is 4.81. The molecule has 0 radical (unpaired) electrons. The van der Waals surface area contributed by atoms with Crippen molar-refractivity contribution in [2.45, 2.75) is 48.4 Å². The molecule has 5 nitrogen and oxygen atoms in total. The van der Waals surface area contributed by atoms with E-state index in [2.05, 4.69) is 47.4 Å². The molecule has 0 atom stereocenters. The summed E-state index contributed by atoms with van der Waals surface area (Å²) in [5.41, 5.74) is 4.90. The monoisotopic (exact) mass is 479 g/mol. The molecule has 2 heterocycles. The number of rotatable bonds is 4. The number of carbonyl (C=O) groups is 1. The molecule has 0 unspecified atom stereocenters. The summed E-state index contributed by atoms with van der Waals surface area (Å²) >= 11 is 1.63. The van der Waals surface area contributed by atoms with Gasteiger partial charge in [0.1, 0.15) is 0 Å². The maximum Gasteiger partial charge on any atom is 0.259 e. The minimum absolute atomic E-state index is 0.0922. The summed E-state index contributed by atoms with van der Waals surface area (Å²) in [7, 11) is 0. The summed E-state index contributed by atoms with van der Waals surface area (Å²) in [5, 5.41) is 4.21. The number of hydrogen-bond acceptors (Lipinski definition) is 5. The van der Waals surface area contributed by atoms with Crippen molar-refractivity contribution in [1.82, 2.24) is 10.1 Å². The van der Waals surface area contributed by atoms with Gasteiger partial charge in [0.05, 0.1) is 11.3 Å². The molecule has 2 aliphatic rings. The van der Waals surface area contributed by atoms with E-state index in [-0.39, 0.29) is 11.9 Å². The average Bonchev–Trinajstić information content (AvgIpc) is 3.56. The highest BCUT2D eigenvalue weighted by Gasteiger charge is 2.34. The zero-order chi connectivity index (χ0) is 23.8. The Hall–Kier alpha value is -3.64. The minimum atomic E-state index is 0.0922. The molecule has 174 valence electrons. The second kappa shape index (κ2) is 9.19. The molecular weight excluding hydrogens is 454 g/mol. The molecule has 3 aromatic carbocycles. The Morgan fingerprint density at radius 2 is 1.77 bits per heavy atom. The normalized spacial score (nSPS) is 15.9. The van der Waals surface area contributed by atoms with Gasteiger partial charge in [0.2, 0.25) is 5.82 Å².